The summed E-state index contributed by atoms with van der Waals surface area (Å²) >= 11 is 0. The molecule has 0 saturated heterocycles. The van der Waals surface area contributed by atoms with Crippen LogP contribution in [0, 0.1) is 0 Å². The normalized spacial score (nSPS) is 37.9. The van der Waals surface area contributed by atoms with E-state index in [2.05, 4.69) is 6.92 Å². The number of hydrogen-bond acceptors (Lipinski definition) is 2. The van der Waals surface area contributed by atoms with Gasteiger partial charge in [0.15, 0.2) is 0 Å². The fraction of sp³-hybridized carbons (Fsp3) is 1.00. The van der Waals surface area contributed by atoms with Gasteiger partial charge in [0.1, 0.15) is 0 Å². The lowest BCUT2D eigenvalue weighted by atomic mass is 9.89. The van der Waals surface area contributed by atoms with Crippen molar-refractivity contribution in [2.75, 3.05) is 0 Å². The van der Waals surface area contributed by atoms with Gasteiger partial charge in [0.05, 0.1) is 0 Å². The third-order valence-electron chi connectivity index (χ3n) is 2.89. The fourth-order valence-corrected chi connectivity index (χ4v) is 1.94. The van der Waals surface area contributed by atoms with E-state index in [-0.39, 0.29) is 11.6 Å². The first-order chi connectivity index (χ1) is 5.19. The van der Waals surface area contributed by atoms with Gasteiger partial charge in [-0.05, 0) is 25.7 Å². The molecule has 66 valence electrons. The van der Waals surface area contributed by atoms with Crippen LogP contribution in [0.5, 0.6) is 0 Å². The molecule has 4 N–H and O–H groups in total. The summed E-state index contributed by atoms with van der Waals surface area (Å²) in [4.78, 5) is 0. The van der Waals surface area contributed by atoms with Gasteiger partial charge in [-0.25, -0.2) is 0 Å². The van der Waals surface area contributed by atoms with E-state index in [1.54, 1.807) is 0 Å². The Morgan fingerprint density at radius 1 is 1.55 bits per heavy atom. The monoisotopic (exact) mass is 156 g/mol. The highest BCUT2D eigenvalue weighted by molar-refractivity contribution is 4.98. The van der Waals surface area contributed by atoms with Crippen molar-refractivity contribution in [2.24, 2.45) is 11.5 Å². The molecule has 0 spiro atoms. The molecule has 11 heavy (non-hydrogen) atoms. The number of nitrogens with two attached hydrogens (primary N) is 2. The Hall–Kier alpha value is -0.0800. The summed E-state index contributed by atoms with van der Waals surface area (Å²) in [7, 11) is 0. The van der Waals surface area contributed by atoms with Gasteiger partial charge in [0, 0.05) is 11.6 Å². The van der Waals surface area contributed by atoms with Crippen LogP contribution in [0.15, 0.2) is 0 Å². The predicted octanol–water partition coefficient (Wildman–Crippen LogP) is 1.39. The summed E-state index contributed by atoms with van der Waals surface area (Å²) in [5.41, 5.74) is 12.1. The largest absolute Gasteiger partial charge is 0.326 e. The molecule has 2 heteroatoms. The molecule has 0 aromatic carbocycles. The molecule has 1 aliphatic carbocycles. The second kappa shape index (κ2) is 3.55. The van der Waals surface area contributed by atoms with Gasteiger partial charge >= 0.3 is 0 Å². The second-order valence-corrected chi connectivity index (χ2v) is 3.84. The van der Waals surface area contributed by atoms with Crippen LogP contribution < -0.4 is 11.5 Å². The first kappa shape index (κ1) is 9.01. The lowest BCUT2D eigenvalue weighted by Crippen LogP contribution is -2.51. The molecule has 0 bridgehead atoms. The van der Waals surface area contributed by atoms with Crippen molar-refractivity contribution < 1.29 is 0 Å². The standard InChI is InChI=1S/C9H20N2/c1-2-3-6-9(11)7-4-5-8(9)10/h8H,2-7,10-11H2,1H3. The SMILES string of the molecule is CCCCC1(N)CCCC1N. The summed E-state index contributed by atoms with van der Waals surface area (Å²) in [6.45, 7) is 2.20. The smallest absolute Gasteiger partial charge is 0.0307 e. The molecule has 1 aliphatic rings. The van der Waals surface area contributed by atoms with Crippen molar-refractivity contribution >= 4 is 0 Å². The minimum atomic E-state index is -0.0178. The maximum atomic E-state index is 6.16. The van der Waals surface area contributed by atoms with Gasteiger partial charge in [-0.15, -0.1) is 0 Å². The van der Waals surface area contributed by atoms with E-state index in [9.17, 15) is 0 Å². The van der Waals surface area contributed by atoms with Gasteiger partial charge in [-0.3, -0.25) is 0 Å². The summed E-state index contributed by atoms with van der Waals surface area (Å²) < 4.78 is 0. The second-order valence-electron chi connectivity index (χ2n) is 3.84. The summed E-state index contributed by atoms with van der Waals surface area (Å²) in [5, 5.41) is 0. The molecule has 0 aromatic heterocycles. The Bertz CT molecular complexity index is 125. The third kappa shape index (κ3) is 1.94. The Labute approximate surface area is 69.3 Å². The quantitative estimate of drug-likeness (QED) is 0.648. The third-order valence-corrected chi connectivity index (χ3v) is 2.89. The van der Waals surface area contributed by atoms with Crippen molar-refractivity contribution in [3.63, 3.8) is 0 Å². The molecule has 0 heterocycles. The molecular formula is C9H20N2. The van der Waals surface area contributed by atoms with Crippen LogP contribution >= 0.6 is 0 Å². The van der Waals surface area contributed by atoms with Crippen LogP contribution in [-0.2, 0) is 0 Å². The fourth-order valence-electron chi connectivity index (χ4n) is 1.94. The van der Waals surface area contributed by atoms with Crippen LogP contribution in [0.2, 0.25) is 0 Å². The van der Waals surface area contributed by atoms with Crippen LogP contribution in [-0.4, -0.2) is 11.6 Å². The zero-order chi connectivity index (χ0) is 8.32. The lowest BCUT2D eigenvalue weighted by Gasteiger charge is -2.28. The number of rotatable bonds is 3. The van der Waals surface area contributed by atoms with Crippen LogP contribution in [0.4, 0.5) is 0 Å². The highest BCUT2D eigenvalue weighted by Gasteiger charge is 2.35. The zero-order valence-corrected chi connectivity index (χ0v) is 7.47. The van der Waals surface area contributed by atoms with Crippen molar-refractivity contribution in [3.8, 4) is 0 Å². The molecule has 0 amide bonds. The van der Waals surface area contributed by atoms with E-state index in [0.29, 0.717) is 0 Å². The van der Waals surface area contributed by atoms with Crippen LogP contribution in [0.25, 0.3) is 0 Å². The number of hydrogen-bond donors (Lipinski definition) is 2. The van der Waals surface area contributed by atoms with E-state index in [1.807, 2.05) is 0 Å². The molecular weight excluding hydrogens is 136 g/mol. The molecule has 1 fully saturated rings. The average Bonchev–Trinajstić information content (AvgIpc) is 2.30. The summed E-state index contributed by atoms with van der Waals surface area (Å²) in [5.74, 6) is 0. The molecule has 0 aromatic rings. The Kier molecular flexibility index (Phi) is 2.90. The van der Waals surface area contributed by atoms with E-state index in [1.165, 1.54) is 19.3 Å². The van der Waals surface area contributed by atoms with Gasteiger partial charge in [0.2, 0.25) is 0 Å². The number of unbranched alkanes of at least 4 members (excludes halogenated alkanes) is 1. The predicted molar refractivity (Wildman–Crippen MR) is 48.3 cm³/mol. The van der Waals surface area contributed by atoms with Gasteiger partial charge in [-0.1, -0.05) is 19.8 Å². The van der Waals surface area contributed by atoms with Crippen molar-refractivity contribution in [1.82, 2.24) is 0 Å². The minimum Gasteiger partial charge on any atom is -0.326 e. The molecule has 2 atom stereocenters. The first-order valence-corrected chi connectivity index (χ1v) is 4.73. The maximum Gasteiger partial charge on any atom is 0.0307 e. The van der Waals surface area contributed by atoms with Gasteiger partial charge < -0.3 is 11.5 Å². The summed E-state index contributed by atoms with van der Waals surface area (Å²) in [6.07, 6.45) is 7.05. The highest BCUT2D eigenvalue weighted by Crippen LogP contribution is 2.30. The Morgan fingerprint density at radius 2 is 2.27 bits per heavy atom. The van der Waals surface area contributed by atoms with Crippen LogP contribution in [0.1, 0.15) is 45.4 Å². The van der Waals surface area contributed by atoms with Crippen molar-refractivity contribution in [2.45, 2.75) is 57.0 Å². The van der Waals surface area contributed by atoms with Crippen molar-refractivity contribution in [3.05, 3.63) is 0 Å². The van der Waals surface area contributed by atoms with E-state index in [4.69, 9.17) is 11.5 Å². The summed E-state index contributed by atoms with van der Waals surface area (Å²) in [6, 6.07) is 0.258. The van der Waals surface area contributed by atoms with Crippen molar-refractivity contribution in [1.29, 1.82) is 0 Å². The molecule has 0 aliphatic heterocycles. The van der Waals surface area contributed by atoms with Gasteiger partial charge in [0.25, 0.3) is 0 Å². The molecule has 2 nitrogen and oxygen atoms in total. The Morgan fingerprint density at radius 3 is 2.73 bits per heavy atom. The van der Waals surface area contributed by atoms with Crippen LogP contribution in [0.3, 0.4) is 0 Å². The van der Waals surface area contributed by atoms with Gasteiger partial charge in [-0.2, -0.15) is 0 Å². The Balaban J connectivity index is 2.38. The topological polar surface area (TPSA) is 52.0 Å². The first-order valence-electron chi connectivity index (χ1n) is 4.73. The zero-order valence-electron chi connectivity index (χ0n) is 7.47. The van der Waals surface area contributed by atoms with E-state index >= 15 is 0 Å². The maximum absolute atomic E-state index is 6.16. The average molecular weight is 156 g/mol. The lowest BCUT2D eigenvalue weighted by molar-refractivity contribution is 0.351. The van der Waals surface area contributed by atoms with E-state index < -0.39 is 0 Å². The molecule has 1 saturated carbocycles. The van der Waals surface area contributed by atoms with E-state index in [0.717, 1.165) is 19.3 Å². The highest BCUT2D eigenvalue weighted by atomic mass is 14.9. The minimum absolute atomic E-state index is 0.0178. The molecule has 2 unspecified atom stereocenters. The molecule has 1 rings (SSSR count). The molecule has 0 radical (unpaired) electrons.